The molecule has 1 aliphatic heterocycles. The first-order chi connectivity index (χ1) is 14.0. The topological polar surface area (TPSA) is 71.1 Å². The zero-order chi connectivity index (χ0) is 20.4. The lowest BCUT2D eigenvalue weighted by molar-refractivity contribution is -0.115. The molecule has 0 bridgehead atoms. The van der Waals surface area contributed by atoms with E-state index in [1.807, 2.05) is 17.5 Å². The second-order valence-corrected chi connectivity index (χ2v) is 8.99. The minimum absolute atomic E-state index is 0.206. The van der Waals surface area contributed by atoms with E-state index in [0.29, 0.717) is 24.9 Å². The van der Waals surface area contributed by atoms with E-state index in [1.165, 1.54) is 23.1 Å². The summed E-state index contributed by atoms with van der Waals surface area (Å²) in [7, 11) is 0. The summed E-state index contributed by atoms with van der Waals surface area (Å²) in [6.07, 6.45) is 1.74. The minimum atomic E-state index is -0.254. The number of benzene rings is 2. The van der Waals surface area contributed by atoms with Crippen LogP contribution in [-0.2, 0) is 4.79 Å². The predicted octanol–water partition coefficient (Wildman–Crippen LogP) is 5.20. The second-order valence-electron chi connectivity index (χ2n) is 5.97. The summed E-state index contributed by atoms with van der Waals surface area (Å²) in [6.45, 7) is 0. The van der Waals surface area contributed by atoms with Crippen LogP contribution in [-0.4, -0.2) is 21.1 Å². The maximum Gasteiger partial charge on any atom is 0.263 e. The van der Waals surface area contributed by atoms with Gasteiger partial charge in [-0.1, -0.05) is 59.8 Å². The van der Waals surface area contributed by atoms with Crippen LogP contribution in [0.2, 0.25) is 5.02 Å². The van der Waals surface area contributed by atoms with E-state index in [-0.39, 0.29) is 11.8 Å². The van der Waals surface area contributed by atoms with Crippen LogP contribution < -0.4 is 10.6 Å². The molecule has 1 fully saturated rings. The number of hydrogen-bond acceptors (Lipinski definition) is 6. The van der Waals surface area contributed by atoms with Crippen LogP contribution in [0.3, 0.4) is 0 Å². The first-order valence-corrected chi connectivity index (χ1v) is 10.8. The van der Waals surface area contributed by atoms with Gasteiger partial charge in [-0.05, 0) is 35.9 Å². The number of thiocarbonyl (C=S) groups is 1. The number of carbonyl (C=O) groups excluding carboxylic acids is 2. The third kappa shape index (κ3) is 4.73. The zero-order valence-electron chi connectivity index (χ0n) is 14.6. The SMILES string of the molecule is O=C1NC(=S)S/C1=C\c1ccc(C(=O)Nc2nc(-c3ccc(Cl)cc3)cs2)cc1. The third-order valence-electron chi connectivity index (χ3n) is 3.98. The molecule has 1 aromatic heterocycles. The maximum absolute atomic E-state index is 12.5. The number of thiazole rings is 1. The van der Waals surface area contributed by atoms with Crippen molar-refractivity contribution in [3.63, 3.8) is 0 Å². The van der Waals surface area contributed by atoms with Gasteiger partial charge in [-0.2, -0.15) is 0 Å². The quantitative estimate of drug-likeness (QED) is 0.416. The molecule has 144 valence electrons. The van der Waals surface area contributed by atoms with Crippen molar-refractivity contribution in [3.05, 3.63) is 75.0 Å². The lowest BCUT2D eigenvalue weighted by atomic mass is 10.1. The summed E-state index contributed by atoms with van der Waals surface area (Å²) >= 11 is 13.5. The molecule has 2 aromatic carbocycles. The normalized spacial score (nSPS) is 14.9. The summed E-state index contributed by atoms with van der Waals surface area (Å²) < 4.78 is 0.443. The number of anilines is 1. The highest BCUT2D eigenvalue weighted by atomic mass is 35.5. The molecule has 2 N–H and O–H groups in total. The standard InChI is InChI=1S/C20H12ClN3O2S3/c21-14-7-5-12(6-8-14)15-10-28-19(22-15)23-17(25)13-3-1-11(2-4-13)9-16-18(26)24-20(27)29-16/h1-10H,(H,22,23,25)(H,24,26,27)/b16-9-. The first kappa shape index (κ1) is 19.8. The van der Waals surface area contributed by atoms with E-state index >= 15 is 0 Å². The van der Waals surface area contributed by atoms with Gasteiger partial charge in [0.2, 0.25) is 0 Å². The van der Waals surface area contributed by atoms with Crippen molar-refractivity contribution in [1.82, 2.24) is 10.3 Å². The average molecular weight is 458 g/mol. The summed E-state index contributed by atoms with van der Waals surface area (Å²) in [5.74, 6) is -0.461. The van der Waals surface area contributed by atoms with Crippen molar-refractivity contribution in [1.29, 1.82) is 0 Å². The molecule has 0 aliphatic carbocycles. The van der Waals surface area contributed by atoms with Crippen molar-refractivity contribution in [2.45, 2.75) is 0 Å². The van der Waals surface area contributed by atoms with Crippen LogP contribution in [0.5, 0.6) is 0 Å². The molecule has 5 nitrogen and oxygen atoms in total. The minimum Gasteiger partial charge on any atom is -0.307 e. The Balaban J connectivity index is 1.44. The average Bonchev–Trinajstić information content (AvgIpc) is 3.29. The fourth-order valence-corrected chi connectivity index (χ4v) is 4.44. The predicted molar refractivity (Wildman–Crippen MR) is 123 cm³/mol. The van der Waals surface area contributed by atoms with Gasteiger partial charge >= 0.3 is 0 Å². The van der Waals surface area contributed by atoms with Crippen LogP contribution in [0.4, 0.5) is 5.13 Å². The Kier molecular flexibility index (Phi) is 5.77. The summed E-state index contributed by atoms with van der Waals surface area (Å²) in [5, 5.41) is 8.43. The molecule has 0 unspecified atom stereocenters. The van der Waals surface area contributed by atoms with Gasteiger partial charge in [0.25, 0.3) is 11.8 Å². The van der Waals surface area contributed by atoms with Crippen LogP contribution >= 0.6 is 46.9 Å². The number of rotatable bonds is 4. The third-order valence-corrected chi connectivity index (χ3v) is 6.15. The molecule has 1 saturated heterocycles. The molecular formula is C20H12ClN3O2S3. The molecule has 29 heavy (non-hydrogen) atoms. The highest BCUT2D eigenvalue weighted by Gasteiger charge is 2.21. The zero-order valence-corrected chi connectivity index (χ0v) is 17.8. The molecule has 0 saturated carbocycles. The van der Waals surface area contributed by atoms with Crippen molar-refractivity contribution in [2.75, 3.05) is 5.32 Å². The van der Waals surface area contributed by atoms with Gasteiger partial charge in [0.15, 0.2) is 5.13 Å². The smallest absolute Gasteiger partial charge is 0.263 e. The van der Waals surface area contributed by atoms with Crippen LogP contribution in [0.25, 0.3) is 17.3 Å². The number of amides is 2. The van der Waals surface area contributed by atoms with E-state index in [4.69, 9.17) is 23.8 Å². The van der Waals surface area contributed by atoms with Crippen LogP contribution in [0.15, 0.2) is 58.8 Å². The molecule has 0 spiro atoms. The molecule has 0 radical (unpaired) electrons. The Morgan fingerprint density at radius 2 is 1.86 bits per heavy atom. The summed E-state index contributed by atoms with van der Waals surface area (Å²) in [5.41, 5.74) is 3.00. The van der Waals surface area contributed by atoms with Crippen LogP contribution in [0.1, 0.15) is 15.9 Å². The van der Waals surface area contributed by atoms with Crippen molar-refractivity contribution >= 4 is 74.3 Å². The summed E-state index contributed by atoms with van der Waals surface area (Å²) in [6, 6.07) is 14.3. The van der Waals surface area contributed by atoms with Gasteiger partial charge in [0.05, 0.1) is 10.6 Å². The monoisotopic (exact) mass is 457 g/mol. The number of carbonyl (C=O) groups is 2. The number of hydrogen-bond donors (Lipinski definition) is 2. The Hall–Kier alpha value is -2.52. The number of thioether (sulfide) groups is 1. The van der Waals surface area contributed by atoms with Gasteiger partial charge in [-0.25, -0.2) is 4.98 Å². The van der Waals surface area contributed by atoms with E-state index in [0.717, 1.165) is 16.8 Å². The van der Waals surface area contributed by atoms with Gasteiger partial charge < -0.3 is 5.32 Å². The fourth-order valence-electron chi connectivity index (χ4n) is 2.56. The number of halogens is 1. The number of aromatic nitrogens is 1. The maximum atomic E-state index is 12.5. The molecule has 0 atom stereocenters. The highest BCUT2D eigenvalue weighted by molar-refractivity contribution is 8.26. The van der Waals surface area contributed by atoms with E-state index in [9.17, 15) is 9.59 Å². The number of nitrogens with zero attached hydrogens (tertiary/aromatic N) is 1. The van der Waals surface area contributed by atoms with E-state index < -0.39 is 0 Å². The molecular weight excluding hydrogens is 446 g/mol. The van der Waals surface area contributed by atoms with E-state index in [2.05, 4.69) is 15.6 Å². The first-order valence-electron chi connectivity index (χ1n) is 8.36. The van der Waals surface area contributed by atoms with Crippen LogP contribution in [0, 0.1) is 0 Å². The van der Waals surface area contributed by atoms with Crippen molar-refractivity contribution in [3.8, 4) is 11.3 Å². The van der Waals surface area contributed by atoms with E-state index in [1.54, 1.807) is 42.5 Å². The molecule has 1 aliphatic rings. The summed E-state index contributed by atoms with van der Waals surface area (Å²) in [4.78, 5) is 29.2. The highest BCUT2D eigenvalue weighted by Crippen LogP contribution is 2.27. The Labute approximate surface area is 185 Å². The molecule has 3 aromatic rings. The van der Waals surface area contributed by atoms with Gasteiger partial charge in [-0.3, -0.25) is 14.9 Å². The largest absolute Gasteiger partial charge is 0.307 e. The van der Waals surface area contributed by atoms with Gasteiger partial charge in [-0.15, -0.1) is 11.3 Å². The Morgan fingerprint density at radius 3 is 2.52 bits per heavy atom. The second kappa shape index (κ2) is 8.46. The fraction of sp³-hybridized carbons (Fsp3) is 0. The number of nitrogens with one attached hydrogen (secondary N) is 2. The Bertz CT molecular complexity index is 1140. The lowest BCUT2D eigenvalue weighted by Gasteiger charge is -2.03. The lowest BCUT2D eigenvalue weighted by Crippen LogP contribution is -2.17. The van der Waals surface area contributed by atoms with Crippen molar-refractivity contribution < 1.29 is 9.59 Å². The molecule has 2 heterocycles. The van der Waals surface area contributed by atoms with Gasteiger partial charge in [0, 0.05) is 21.5 Å². The molecule has 4 rings (SSSR count). The molecule has 9 heteroatoms. The van der Waals surface area contributed by atoms with Crippen molar-refractivity contribution in [2.24, 2.45) is 0 Å². The Morgan fingerprint density at radius 1 is 1.14 bits per heavy atom. The molecule has 2 amide bonds. The van der Waals surface area contributed by atoms with Gasteiger partial charge in [0.1, 0.15) is 4.32 Å².